The fourth-order valence-corrected chi connectivity index (χ4v) is 3.52. The van der Waals surface area contributed by atoms with Crippen molar-refractivity contribution in [2.24, 2.45) is 0 Å². The maximum atomic E-state index is 12.7. The van der Waals surface area contributed by atoms with Gasteiger partial charge < -0.3 is 10.0 Å². The second-order valence-corrected chi connectivity index (χ2v) is 6.24. The number of rotatable bonds is 5. The number of likely N-dealkylation sites (N-methyl/N-ethyl adjacent to an activating group) is 1. The van der Waals surface area contributed by atoms with Crippen LogP contribution in [0.5, 0.6) is 0 Å². The number of hydrogen-bond donors (Lipinski definition) is 1. The average molecular weight is 294 g/mol. The number of carbonyl (C=O) groups is 1. The number of carbonyl (C=O) groups excluding carboxylic acids is 1. The predicted molar refractivity (Wildman–Crippen MR) is 84.9 cm³/mol. The molecule has 1 fully saturated rings. The Balaban J connectivity index is 1.98. The van der Waals surface area contributed by atoms with Crippen molar-refractivity contribution in [1.29, 1.82) is 0 Å². The van der Waals surface area contributed by atoms with Crippen molar-refractivity contribution in [3.05, 3.63) is 11.8 Å². The highest BCUT2D eigenvalue weighted by Crippen LogP contribution is 2.22. The van der Waals surface area contributed by atoms with Gasteiger partial charge in [-0.25, -0.2) is 0 Å². The summed E-state index contributed by atoms with van der Waals surface area (Å²) in [6.45, 7) is 4.37. The molecule has 0 spiro atoms. The van der Waals surface area contributed by atoms with Gasteiger partial charge in [0.15, 0.2) is 0 Å². The van der Waals surface area contributed by atoms with Crippen molar-refractivity contribution in [3.63, 3.8) is 0 Å². The topological polar surface area (TPSA) is 43.8 Å². The first-order valence-electron chi connectivity index (χ1n) is 8.60. The van der Waals surface area contributed by atoms with Gasteiger partial charge >= 0.3 is 0 Å². The third kappa shape index (κ3) is 4.55. The van der Waals surface area contributed by atoms with Gasteiger partial charge in [0.05, 0.1) is 13.2 Å². The molecule has 2 aliphatic rings. The van der Waals surface area contributed by atoms with Crippen LogP contribution in [-0.4, -0.2) is 53.1 Å². The largest absolute Gasteiger partial charge is 0.395 e. The SMILES string of the molecule is CCN(C(=O)CN1CCCCCC1CO)C1=CCCCC1. The lowest BCUT2D eigenvalue weighted by Gasteiger charge is -2.32. The summed E-state index contributed by atoms with van der Waals surface area (Å²) in [6, 6.07) is 0.162. The van der Waals surface area contributed by atoms with Crippen molar-refractivity contribution in [2.45, 2.75) is 64.3 Å². The molecule has 0 aromatic rings. The highest BCUT2D eigenvalue weighted by molar-refractivity contribution is 5.80. The molecule has 0 saturated carbocycles. The molecule has 4 heteroatoms. The van der Waals surface area contributed by atoms with Crippen LogP contribution in [0, 0.1) is 0 Å². The van der Waals surface area contributed by atoms with Crippen LogP contribution in [0.1, 0.15) is 58.3 Å². The fourth-order valence-electron chi connectivity index (χ4n) is 3.52. The van der Waals surface area contributed by atoms with E-state index in [0.29, 0.717) is 6.54 Å². The third-order valence-electron chi connectivity index (χ3n) is 4.78. The predicted octanol–water partition coefficient (Wildman–Crippen LogP) is 2.53. The molecule has 1 atom stereocenters. The highest BCUT2D eigenvalue weighted by Gasteiger charge is 2.25. The molecule has 1 unspecified atom stereocenters. The summed E-state index contributed by atoms with van der Waals surface area (Å²) in [7, 11) is 0. The molecule has 0 radical (unpaired) electrons. The quantitative estimate of drug-likeness (QED) is 0.847. The van der Waals surface area contributed by atoms with Gasteiger partial charge in [0.25, 0.3) is 0 Å². The van der Waals surface area contributed by atoms with Crippen LogP contribution in [0.4, 0.5) is 0 Å². The minimum absolute atomic E-state index is 0.162. The molecule has 21 heavy (non-hydrogen) atoms. The van der Waals surface area contributed by atoms with Crippen LogP contribution in [0.3, 0.4) is 0 Å². The minimum atomic E-state index is 0.162. The third-order valence-corrected chi connectivity index (χ3v) is 4.78. The molecule has 4 nitrogen and oxygen atoms in total. The monoisotopic (exact) mass is 294 g/mol. The van der Waals surface area contributed by atoms with Crippen molar-refractivity contribution in [2.75, 3.05) is 26.2 Å². The Hall–Kier alpha value is -0.870. The van der Waals surface area contributed by atoms with E-state index in [4.69, 9.17) is 0 Å². The van der Waals surface area contributed by atoms with E-state index in [9.17, 15) is 9.90 Å². The summed E-state index contributed by atoms with van der Waals surface area (Å²) >= 11 is 0. The second kappa shape index (κ2) is 8.54. The number of aliphatic hydroxyl groups excluding tert-OH is 1. The van der Waals surface area contributed by atoms with Crippen molar-refractivity contribution in [3.8, 4) is 0 Å². The molecular formula is C17H30N2O2. The summed E-state index contributed by atoms with van der Waals surface area (Å²) in [5.74, 6) is 0.200. The lowest BCUT2D eigenvalue weighted by molar-refractivity contribution is -0.131. The van der Waals surface area contributed by atoms with E-state index in [-0.39, 0.29) is 18.6 Å². The Labute approximate surface area is 128 Å². The molecule has 1 N–H and O–H groups in total. The maximum absolute atomic E-state index is 12.7. The summed E-state index contributed by atoms with van der Waals surface area (Å²) < 4.78 is 0. The van der Waals surface area contributed by atoms with Crippen LogP contribution >= 0.6 is 0 Å². The van der Waals surface area contributed by atoms with E-state index in [1.54, 1.807) is 0 Å². The van der Waals surface area contributed by atoms with E-state index in [1.807, 2.05) is 4.90 Å². The number of allylic oxidation sites excluding steroid dienone is 2. The molecule has 0 bridgehead atoms. The first-order chi connectivity index (χ1) is 10.3. The van der Waals surface area contributed by atoms with E-state index in [0.717, 1.165) is 38.8 Å². The van der Waals surface area contributed by atoms with E-state index in [1.165, 1.54) is 31.4 Å². The Morgan fingerprint density at radius 2 is 2.19 bits per heavy atom. The average Bonchev–Trinajstić information content (AvgIpc) is 2.74. The zero-order valence-corrected chi connectivity index (χ0v) is 13.4. The molecule has 0 aromatic carbocycles. The highest BCUT2D eigenvalue weighted by atomic mass is 16.3. The molecule has 1 heterocycles. The summed E-state index contributed by atoms with van der Waals surface area (Å²) in [5, 5.41) is 9.57. The van der Waals surface area contributed by atoms with Crippen molar-refractivity contribution < 1.29 is 9.90 Å². The first-order valence-corrected chi connectivity index (χ1v) is 8.60. The maximum Gasteiger partial charge on any atom is 0.240 e. The standard InChI is InChI=1S/C17H30N2O2/c1-2-19(15-9-5-3-6-10-15)17(21)13-18-12-8-4-7-11-16(18)14-20/h9,16,20H,2-8,10-14H2,1H3. The van der Waals surface area contributed by atoms with Gasteiger partial charge in [-0.3, -0.25) is 9.69 Å². The number of aliphatic hydroxyl groups is 1. The molecular weight excluding hydrogens is 264 g/mol. The molecule has 1 aliphatic heterocycles. The number of nitrogens with zero attached hydrogens (tertiary/aromatic N) is 2. The molecule has 1 amide bonds. The lowest BCUT2D eigenvalue weighted by atomic mass is 10.0. The molecule has 1 saturated heterocycles. The van der Waals surface area contributed by atoms with E-state index in [2.05, 4.69) is 17.9 Å². The van der Waals surface area contributed by atoms with Crippen LogP contribution in [0.2, 0.25) is 0 Å². The van der Waals surface area contributed by atoms with Gasteiger partial charge in [-0.2, -0.15) is 0 Å². The smallest absolute Gasteiger partial charge is 0.240 e. The van der Waals surface area contributed by atoms with Gasteiger partial charge in [-0.05, 0) is 52.0 Å². The Kier molecular flexibility index (Phi) is 6.71. The van der Waals surface area contributed by atoms with Crippen molar-refractivity contribution in [1.82, 2.24) is 9.80 Å². The molecule has 1 aliphatic carbocycles. The zero-order valence-electron chi connectivity index (χ0n) is 13.4. The summed E-state index contributed by atoms with van der Waals surface area (Å²) in [5.41, 5.74) is 1.21. The molecule has 120 valence electrons. The zero-order chi connectivity index (χ0) is 15.1. The lowest BCUT2D eigenvalue weighted by Crippen LogP contribution is -2.45. The van der Waals surface area contributed by atoms with Crippen molar-refractivity contribution >= 4 is 5.91 Å². The minimum Gasteiger partial charge on any atom is -0.395 e. The molecule has 0 aromatic heterocycles. The number of amides is 1. The Morgan fingerprint density at radius 3 is 2.86 bits per heavy atom. The second-order valence-electron chi connectivity index (χ2n) is 6.24. The van der Waals surface area contributed by atoms with Crippen LogP contribution in [0.25, 0.3) is 0 Å². The molecule has 2 rings (SSSR count). The van der Waals surface area contributed by atoms with E-state index < -0.39 is 0 Å². The van der Waals surface area contributed by atoms with Gasteiger partial charge in [-0.1, -0.05) is 18.9 Å². The Morgan fingerprint density at radius 1 is 1.33 bits per heavy atom. The van der Waals surface area contributed by atoms with Gasteiger partial charge in [0.1, 0.15) is 0 Å². The summed E-state index contributed by atoms with van der Waals surface area (Å²) in [4.78, 5) is 16.8. The Bertz CT molecular complexity index is 368. The number of hydrogen-bond acceptors (Lipinski definition) is 3. The van der Waals surface area contributed by atoms with Gasteiger partial charge in [0.2, 0.25) is 5.91 Å². The summed E-state index contributed by atoms with van der Waals surface area (Å²) in [6.07, 6.45) is 11.3. The van der Waals surface area contributed by atoms with Crippen LogP contribution in [0.15, 0.2) is 11.8 Å². The van der Waals surface area contributed by atoms with Crippen LogP contribution in [-0.2, 0) is 4.79 Å². The number of likely N-dealkylation sites (tertiary alicyclic amines) is 1. The van der Waals surface area contributed by atoms with Gasteiger partial charge in [-0.15, -0.1) is 0 Å². The van der Waals surface area contributed by atoms with E-state index >= 15 is 0 Å². The van der Waals surface area contributed by atoms with Gasteiger partial charge in [0, 0.05) is 18.3 Å². The normalized spacial score (nSPS) is 24.3. The fraction of sp³-hybridized carbons (Fsp3) is 0.824. The van der Waals surface area contributed by atoms with Crippen LogP contribution < -0.4 is 0 Å². The first kappa shape index (κ1) is 16.5.